The molecule has 0 heterocycles. The first-order valence-electron chi connectivity index (χ1n) is 7.52. The van der Waals surface area contributed by atoms with Crippen molar-refractivity contribution in [3.8, 4) is 5.75 Å². The van der Waals surface area contributed by atoms with E-state index in [4.69, 9.17) is 16.3 Å². The number of nitrogens with zero attached hydrogens (tertiary/aromatic N) is 1. The van der Waals surface area contributed by atoms with Gasteiger partial charge in [0, 0.05) is 6.07 Å². The van der Waals surface area contributed by atoms with Crippen LogP contribution in [0.15, 0.2) is 36.4 Å². The van der Waals surface area contributed by atoms with Gasteiger partial charge in [-0.3, -0.25) is 14.9 Å². The van der Waals surface area contributed by atoms with E-state index in [2.05, 4.69) is 10.1 Å². The van der Waals surface area contributed by atoms with Crippen LogP contribution in [0.4, 0.5) is 15.8 Å². The van der Waals surface area contributed by atoms with Crippen LogP contribution in [-0.4, -0.2) is 30.0 Å². The number of anilines is 1. The van der Waals surface area contributed by atoms with Gasteiger partial charge in [0.2, 0.25) is 0 Å². The number of halogens is 2. The maximum atomic E-state index is 13.0. The molecule has 2 aromatic carbocycles. The molecule has 1 atom stereocenters. The van der Waals surface area contributed by atoms with Gasteiger partial charge in [0.05, 0.1) is 28.3 Å². The van der Waals surface area contributed by atoms with E-state index in [0.29, 0.717) is 0 Å². The topological polar surface area (TPSA) is 108 Å². The second-order valence-electron chi connectivity index (χ2n) is 5.30. The SMILES string of the molecule is COC(=O)c1ccc(O[C@@H](C)C(=O)Nc2ccc(F)cc2Cl)c([N+](=O)[O-])c1. The Morgan fingerprint density at radius 1 is 1.26 bits per heavy atom. The minimum Gasteiger partial charge on any atom is -0.474 e. The number of benzene rings is 2. The summed E-state index contributed by atoms with van der Waals surface area (Å²) >= 11 is 5.84. The monoisotopic (exact) mass is 396 g/mol. The number of hydrogen-bond donors (Lipinski definition) is 1. The highest BCUT2D eigenvalue weighted by atomic mass is 35.5. The van der Waals surface area contributed by atoms with Gasteiger partial charge in [0.25, 0.3) is 5.91 Å². The van der Waals surface area contributed by atoms with Crippen molar-refractivity contribution >= 4 is 34.9 Å². The van der Waals surface area contributed by atoms with Crippen LogP contribution in [-0.2, 0) is 9.53 Å². The molecule has 0 aromatic heterocycles. The van der Waals surface area contributed by atoms with Gasteiger partial charge in [-0.1, -0.05) is 11.6 Å². The number of methoxy groups -OCH3 is 1. The van der Waals surface area contributed by atoms with Crippen LogP contribution in [0.2, 0.25) is 5.02 Å². The van der Waals surface area contributed by atoms with Crippen molar-refractivity contribution in [1.29, 1.82) is 0 Å². The van der Waals surface area contributed by atoms with Gasteiger partial charge in [0.1, 0.15) is 5.82 Å². The molecule has 1 N–H and O–H groups in total. The molecule has 0 spiro atoms. The third kappa shape index (κ3) is 4.91. The molecule has 0 aliphatic heterocycles. The van der Waals surface area contributed by atoms with E-state index in [0.717, 1.165) is 25.3 Å². The van der Waals surface area contributed by atoms with Gasteiger partial charge < -0.3 is 14.8 Å². The lowest BCUT2D eigenvalue weighted by atomic mass is 10.2. The highest BCUT2D eigenvalue weighted by molar-refractivity contribution is 6.33. The number of rotatable bonds is 6. The van der Waals surface area contributed by atoms with Crippen molar-refractivity contribution in [2.24, 2.45) is 0 Å². The summed E-state index contributed by atoms with van der Waals surface area (Å²) in [7, 11) is 1.14. The summed E-state index contributed by atoms with van der Waals surface area (Å²) in [6.07, 6.45) is -1.14. The number of nitro benzene ring substituents is 1. The number of amides is 1. The average Bonchev–Trinajstić information content (AvgIpc) is 2.63. The molecule has 0 saturated carbocycles. The zero-order valence-corrected chi connectivity index (χ0v) is 15.0. The predicted molar refractivity (Wildman–Crippen MR) is 94.6 cm³/mol. The second-order valence-corrected chi connectivity index (χ2v) is 5.71. The summed E-state index contributed by atoms with van der Waals surface area (Å²) in [5.41, 5.74) is -0.377. The minimum atomic E-state index is -1.14. The van der Waals surface area contributed by atoms with Crippen LogP contribution in [0, 0.1) is 15.9 Å². The Bertz CT molecular complexity index is 905. The summed E-state index contributed by atoms with van der Waals surface area (Å²) < 4.78 is 22.9. The van der Waals surface area contributed by atoms with E-state index in [9.17, 15) is 24.1 Å². The number of carbonyl (C=O) groups is 2. The van der Waals surface area contributed by atoms with Crippen molar-refractivity contribution in [2.45, 2.75) is 13.0 Å². The lowest BCUT2D eigenvalue weighted by molar-refractivity contribution is -0.386. The third-order valence-electron chi connectivity index (χ3n) is 3.44. The lowest BCUT2D eigenvalue weighted by Gasteiger charge is -2.15. The Hall–Kier alpha value is -3.20. The van der Waals surface area contributed by atoms with Crippen molar-refractivity contribution in [3.63, 3.8) is 0 Å². The lowest BCUT2D eigenvalue weighted by Crippen LogP contribution is -2.30. The van der Waals surface area contributed by atoms with Gasteiger partial charge in [-0.15, -0.1) is 0 Å². The van der Waals surface area contributed by atoms with Gasteiger partial charge in [-0.25, -0.2) is 9.18 Å². The fourth-order valence-electron chi connectivity index (χ4n) is 2.07. The number of nitrogens with one attached hydrogen (secondary N) is 1. The number of carbonyl (C=O) groups excluding carboxylic acids is 2. The molecule has 10 heteroatoms. The van der Waals surface area contributed by atoms with Crippen molar-refractivity contribution in [1.82, 2.24) is 0 Å². The summed E-state index contributed by atoms with van der Waals surface area (Å²) in [5, 5.41) is 13.7. The Morgan fingerprint density at radius 3 is 2.56 bits per heavy atom. The van der Waals surface area contributed by atoms with Crippen LogP contribution in [0.3, 0.4) is 0 Å². The van der Waals surface area contributed by atoms with Crippen LogP contribution < -0.4 is 10.1 Å². The first-order valence-corrected chi connectivity index (χ1v) is 7.90. The van der Waals surface area contributed by atoms with E-state index in [-0.39, 0.29) is 22.0 Å². The molecule has 27 heavy (non-hydrogen) atoms. The number of ether oxygens (including phenoxy) is 2. The van der Waals surface area contributed by atoms with E-state index in [1.54, 1.807) is 0 Å². The molecular weight excluding hydrogens is 383 g/mol. The molecule has 0 bridgehead atoms. The molecule has 0 radical (unpaired) electrons. The fraction of sp³-hybridized carbons (Fsp3) is 0.176. The van der Waals surface area contributed by atoms with Gasteiger partial charge >= 0.3 is 11.7 Å². The van der Waals surface area contributed by atoms with Gasteiger partial charge in [-0.05, 0) is 37.3 Å². The molecule has 2 rings (SSSR count). The Labute approximate surface area is 158 Å². The largest absolute Gasteiger partial charge is 0.474 e. The van der Waals surface area contributed by atoms with Crippen LogP contribution >= 0.6 is 11.6 Å². The quantitative estimate of drug-likeness (QED) is 0.454. The molecule has 2 aromatic rings. The molecule has 142 valence electrons. The van der Waals surface area contributed by atoms with Crippen molar-refractivity contribution in [3.05, 3.63) is 62.9 Å². The van der Waals surface area contributed by atoms with Crippen LogP contribution in [0.25, 0.3) is 0 Å². The third-order valence-corrected chi connectivity index (χ3v) is 3.75. The van der Waals surface area contributed by atoms with Crippen molar-refractivity contribution in [2.75, 3.05) is 12.4 Å². The summed E-state index contributed by atoms with van der Waals surface area (Å²) in [6.45, 7) is 1.37. The van der Waals surface area contributed by atoms with Gasteiger partial charge in [-0.2, -0.15) is 0 Å². The zero-order chi connectivity index (χ0) is 20.1. The van der Waals surface area contributed by atoms with Crippen LogP contribution in [0.5, 0.6) is 5.75 Å². The number of nitro groups is 1. The van der Waals surface area contributed by atoms with Crippen molar-refractivity contribution < 1.29 is 28.4 Å². The second kappa shape index (κ2) is 8.45. The maximum absolute atomic E-state index is 13.0. The molecule has 0 aliphatic rings. The Balaban J connectivity index is 2.18. The zero-order valence-electron chi connectivity index (χ0n) is 14.2. The van der Waals surface area contributed by atoms with Gasteiger partial charge in [0.15, 0.2) is 11.9 Å². The normalized spacial score (nSPS) is 11.4. The highest BCUT2D eigenvalue weighted by Crippen LogP contribution is 2.29. The van der Waals surface area contributed by atoms with E-state index < -0.39 is 34.4 Å². The molecule has 0 aliphatic carbocycles. The molecule has 0 fully saturated rings. The minimum absolute atomic E-state index is 0.0102. The number of esters is 1. The molecular formula is C17H14ClFN2O6. The number of hydrogen-bond acceptors (Lipinski definition) is 6. The molecule has 8 nitrogen and oxygen atoms in total. The molecule has 1 amide bonds. The molecule has 0 saturated heterocycles. The summed E-state index contributed by atoms with van der Waals surface area (Å²) in [5.74, 6) is -2.18. The van der Waals surface area contributed by atoms with Crippen LogP contribution in [0.1, 0.15) is 17.3 Å². The smallest absolute Gasteiger partial charge is 0.338 e. The van der Waals surface area contributed by atoms with E-state index in [1.807, 2.05) is 0 Å². The maximum Gasteiger partial charge on any atom is 0.338 e. The summed E-state index contributed by atoms with van der Waals surface area (Å²) in [4.78, 5) is 34.2. The first-order chi connectivity index (χ1) is 12.7. The van der Waals surface area contributed by atoms with E-state index in [1.165, 1.54) is 25.1 Å². The Kier molecular flexibility index (Phi) is 6.30. The predicted octanol–water partition coefficient (Wildman–Crippen LogP) is 3.58. The standard InChI is InChI=1S/C17H14ClFN2O6/c1-9(16(22)20-13-5-4-11(19)8-12(13)18)27-15-6-3-10(17(23)26-2)7-14(15)21(24)25/h3-9H,1-2H3,(H,20,22)/t9-/m0/s1. The molecule has 0 unspecified atom stereocenters. The fourth-order valence-corrected chi connectivity index (χ4v) is 2.29. The highest BCUT2D eigenvalue weighted by Gasteiger charge is 2.23. The Morgan fingerprint density at radius 2 is 1.96 bits per heavy atom. The van der Waals surface area contributed by atoms with E-state index >= 15 is 0 Å². The first kappa shape index (κ1) is 20.1. The average molecular weight is 397 g/mol. The summed E-state index contributed by atoms with van der Waals surface area (Å²) in [6, 6.07) is 6.87.